The van der Waals surface area contributed by atoms with E-state index in [0.717, 1.165) is 12.1 Å². The second-order valence-electron chi connectivity index (χ2n) is 2.62. The average molecular weight is 146 g/mol. The zero-order chi connectivity index (χ0) is 7.84. The second-order valence-corrected chi connectivity index (χ2v) is 2.62. The SMILES string of the molecule is [B]c1cc2c([nH]1)CCNC2=O. The summed E-state index contributed by atoms with van der Waals surface area (Å²) in [5.74, 6) is -0.0285. The molecule has 0 atom stereocenters. The predicted molar refractivity (Wildman–Crippen MR) is 42.2 cm³/mol. The molecule has 0 aliphatic carbocycles. The molecule has 2 radical (unpaired) electrons. The fourth-order valence-electron chi connectivity index (χ4n) is 1.32. The van der Waals surface area contributed by atoms with Gasteiger partial charge in [-0.15, -0.1) is 0 Å². The van der Waals surface area contributed by atoms with E-state index in [0.29, 0.717) is 17.7 Å². The van der Waals surface area contributed by atoms with E-state index >= 15 is 0 Å². The lowest BCUT2D eigenvalue weighted by atomic mass is 10.0. The highest BCUT2D eigenvalue weighted by Gasteiger charge is 2.17. The fraction of sp³-hybridized carbons (Fsp3) is 0.286. The summed E-state index contributed by atoms with van der Waals surface area (Å²) in [5, 5.41) is 2.74. The third-order valence-electron chi connectivity index (χ3n) is 1.83. The highest BCUT2D eigenvalue weighted by molar-refractivity contribution is 6.31. The lowest BCUT2D eigenvalue weighted by molar-refractivity contribution is 0.0946. The molecule has 3 nitrogen and oxygen atoms in total. The van der Waals surface area contributed by atoms with Gasteiger partial charge in [0.05, 0.1) is 5.56 Å². The molecule has 0 fully saturated rings. The van der Waals surface area contributed by atoms with Crippen molar-refractivity contribution < 1.29 is 4.79 Å². The Morgan fingerprint density at radius 1 is 1.55 bits per heavy atom. The summed E-state index contributed by atoms with van der Waals surface area (Å²) in [6.07, 6.45) is 0.846. The number of H-pyrrole nitrogens is 1. The van der Waals surface area contributed by atoms with E-state index in [1.807, 2.05) is 0 Å². The molecule has 0 saturated carbocycles. The number of carbonyl (C=O) groups is 1. The van der Waals surface area contributed by atoms with E-state index in [1.165, 1.54) is 0 Å². The van der Waals surface area contributed by atoms with Crippen molar-refractivity contribution in [2.24, 2.45) is 0 Å². The van der Waals surface area contributed by atoms with Crippen LogP contribution < -0.4 is 10.9 Å². The van der Waals surface area contributed by atoms with Crippen LogP contribution in [-0.2, 0) is 6.42 Å². The number of hydrogen-bond donors (Lipinski definition) is 2. The van der Waals surface area contributed by atoms with Gasteiger partial charge >= 0.3 is 0 Å². The molecule has 54 valence electrons. The third kappa shape index (κ3) is 0.945. The quantitative estimate of drug-likeness (QED) is 0.457. The zero-order valence-corrected chi connectivity index (χ0v) is 5.98. The normalized spacial score (nSPS) is 15.8. The molecule has 1 aromatic rings. The second kappa shape index (κ2) is 2.15. The molecule has 1 aromatic heterocycles. The first-order chi connectivity index (χ1) is 5.27. The van der Waals surface area contributed by atoms with Crippen molar-refractivity contribution in [2.45, 2.75) is 6.42 Å². The van der Waals surface area contributed by atoms with Gasteiger partial charge < -0.3 is 10.3 Å². The Balaban J connectivity index is 2.52. The number of aromatic nitrogens is 1. The molecular weight excluding hydrogens is 139 g/mol. The van der Waals surface area contributed by atoms with E-state index in [9.17, 15) is 4.79 Å². The van der Waals surface area contributed by atoms with Gasteiger partial charge in [-0.05, 0) is 11.7 Å². The number of nitrogens with one attached hydrogen (secondary N) is 2. The summed E-state index contributed by atoms with van der Waals surface area (Å²) >= 11 is 0. The van der Waals surface area contributed by atoms with E-state index in [-0.39, 0.29) is 5.91 Å². The predicted octanol–water partition coefficient (Wildman–Crippen LogP) is -0.906. The van der Waals surface area contributed by atoms with Gasteiger partial charge in [-0.1, -0.05) is 0 Å². The molecule has 0 saturated heterocycles. The van der Waals surface area contributed by atoms with Crippen LogP contribution in [0, 0.1) is 0 Å². The first kappa shape index (κ1) is 6.52. The molecular formula is C7H7BN2O. The van der Waals surface area contributed by atoms with Crippen molar-refractivity contribution >= 4 is 19.3 Å². The molecule has 1 amide bonds. The molecule has 0 spiro atoms. The smallest absolute Gasteiger partial charge is 0.253 e. The number of hydrogen-bond acceptors (Lipinski definition) is 1. The number of aromatic amines is 1. The zero-order valence-electron chi connectivity index (χ0n) is 5.98. The monoisotopic (exact) mass is 146 g/mol. The van der Waals surface area contributed by atoms with Crippen LogP contribution in [0.1, 0.15) is 16.1 Å². The maximum Gasteiger partial charge on any atom is 0.253 e. The topological polar surface area (TPSA) is 44.9 Å². The lowest BCUT2D eigenvalue weighted by Gasteiger charge is -2.11. The Kier molecular flexibility index (Phi) is 1.28. The van der Waals surface area contributed by atoms with Gasteiger partial charge in [-0.25, -0.2) is 0 Å². The van der Waals surface area contributed by atoms with Crippen molar-refractivity contribution in [2.75, 3.05) is 6.54 Å². The fourth-order valence-corrected chi connectivity index (χ4v) is 1.32. The first-order valence-corrected chi connectivity index (χ1v) is 3.53. The minimum Gasteiger partial charge on any atom is -0.371 e. The van der Waals surface area contributed by atoms with Gasteiger partial charge in [0.25, 0.3) is 5.91 Å². The molecule has 0 aromatic carbocycles. The summed E-state index contributed by atoms with van der Waals surface area (Å²) in [7, 11) is 5.48. The molecule has 2 rings (SSSR count). The molecule has 0 unspecified atom stereocenters. The summed E-state index contributed by atoms with van der Waals surface area (Å²) in [5.41, 5.74) is 2.20. The standard InChI is InChI=1S/C7H7BN2O/c8-6-3-4-5(10-6)1-2-9-7(4)11/h3,10H,1-2H2,(H,9,11). The van der Waals surface area contributed by atoms with Gasteiger partial charge in [0.2, 0.25) is 0 Å². The summed E-state index contributed by atoms with van der Waals surface area (Å²) in [4.78, 5) is 14.1. The molecule has 0 bridgehead atoms. The van der Waals surface area contributed by atoms with Gasteiger partial charge in [0.1, 0.15) is 7.85 Å². The van der Waals surface area contributed by atoms with Crippen LogP contribution in [0.2, 0.25) is 0 Å². The first-order valence-electron chi connectivity index (χ1n) is 3.53. The Hall–Kier alpha value is -1.19. The van der Waals surface area contributed by atoms with Crippen molar-refractivity contribution in [1.29, 1.82) is 0 Å². The van der Waals surface area contributed by atoms with E-state index in [2.05, 4.69) is 10.3 Å². The van der Waals surface area contributed by atoms with Crippen molar-refractivity contribution in [3.05, 3.63) is 17.3 Å². The van der Waals surface area contributed by atoms with Crippen LogP contribution in [0.4, 0.5) is 0 Å². The largest absolute Gasteiger partial charge is 0.371 e. The van der Waals surface area contributed by atoms with E-state index in [4.69, 9.17) is 7.85 Å². The van der Waals surface area contributed by atoms with Crippen LogP contribution in [0.25, 0.3) is 0 Å². The van der Waals surface area contributed by atoms with Crippen LogP contribution >= 0.6 is 0 Å². The Bertz CT molecular complexity index is 305. The maximum absolute atomic E-state index is 11.1. The van der Waals surface area contributed by atoms with Crippen LogP contribution in [-0.4, -0.2) is 25.3 Å². The average Bonchev–Trinajstić information content (AvgIpc) is 2.31. The van der Waals surface area contributed by atoms with Crippen LogP contribution in [0.3, 0.4) is 0 Å². The highest BCUT2D eigenvalue weighted by atomic mass is 16.1. The third-order valence-corrected chi connectivity index (χ3v) is 1.83. The molecule has 11 heavy (non-hydrogen) atoms. The van der Waals surface area contributed by atoms with E-state index < -0.39 is 0 Å². The minimum atomic E-state index is -0.0285. The molecule has 2 heterocycles. The van der Waals surface area contributed by atoms with Gasteiger partial charge in [0, 0.05) is 18.7 Å². The summed E-state index contributed by atoms with van der Waals surface area (Å²) in [6, 6.07) is 1.67. The number of amides is 1. The van der Waals surface area contributed by atoms with Gasteiger partial charge in [-0.3, -0.25) is 4.79 Å². The summed E-state index contributed by atoms with van der Waals surface area (Å²) < 4.78 is 0. The Labute approximate surface area is 65.6 Å². The summed E-state index contributed by atoms with van der Waals surface area (Å²) in [6.45, 7) is 0.700. The van der Waals surface area contributed by atoms with Crippen molar-refractivity contribution in [3.63, 3.8) is 0 Å². The lowest BCUT2D eigenvalue weighted by Crippen LogP contribution is -2.31. The van der Waals surface area contributed by atoms with Gasteiger partial charge in [-0.2, -0.15) is 0 Å². The van der Waals surface area contributed by atoms with Gasteiger partial charge in [0.15, 0.2) is 0 Å². The minimum absolute atomic E-state index is 0.0285. The van der Waals surface area contributed by atoms with Crippen LogP contribution in [0.5, 0.6) is 0 Å². The van der Waals surface area contributed by atoms with Crippen molar-refractivity contribution in [1.82, 2.24) is 10.3 Å². The molecule has 4 heteroatoms. The van der Waals surface area contributed by atoms with Crippen LogP contribution in [0.15, 0.2) is 6.07 Å². The maximum atomic E-state index is 11.1. The molecule has 1 aliphatic rings. The Morgan fingerprint density at radius 2 is 2.36 bits per heavy atom. The van der Waals surface area contributed by atoms with E-state index in [1.54, 1.807) is 6.07 Å². The van der Waals surface area contributed by atoms with Crippen molar-refractivity contribution in [3.8, 4) is 0 Å². The Morgan fingerprint density at radius 3 is 3.09 bits per heavy atom. The highest BCUT2D eigenvalue weighted by Crippen LogP contribution is 2.08. The number of rotatable bonds is 0. The molecule has 2 N–H and O–H groups in total. The number of carbonyl (C=O) groups excluding carboxylic acids is 1. The number of fused-ring (bicyclic) bond motifs is 1. The molecule has 1 aliphatic heterocycles.